The highest BCUT2D eigenvalue weighted by atomic mass is 16.5. The number of carbonyl (C=O) groups is 2. The Hall–Kier alpha value is -3.32. The molecule has 4 rings (SSSR count). The van der Waals surface area contributed by atoms with Gasteiger partial charge in [-0.25, -0.2) is 4.79 Å². The van der Waals surface area contributed by atoms with Crippen molar-refractivity contribution >= 4 is 18.0 Å². The standard InChI is InChI=1S/C27H32N2O5/c1-6-33-22-11-9-21(10-12-22)29-17(2)14-20(18(29)3)15-24-25(27(31)32-5)19(4)28(26(24)30)16-23-8-7-13-34-23/h9-12,14-15,23H,6-8,13,16H2,1-5H3/b24-15-/t23-/m0/s1. The first-order chi connectivity index (χ1) is 16.3. The van der Waals surface area contributed by atoms with E-state index >= 15 is 0 Å². The van der Waals surface area contributed by atoms with Gasteiger partial charge in [0.25, 0.3) is 5.91 Å². The van der Waals surface area contributed by atoms with Gasteiger partial charge in [-0.1, -0.05) is 0 Å². The van der Waals surface area contributed by atoms with Crippen LogP contribution in [0.15, 0.2) is 47.2 Å². The smallest absolute Gasteiger partial charge is 0.340 e. The number of rotatable bonds is 7. The molecule has 1 fully saturated rings. The highest BCUT2D eigenvalue weighted by molar-refractivity contribution is 6.16. The number of aryl methyl sites for hydroxylation is 1. The molecule has 0 aliphatic carbocycles. The molecule has 7 heteroatoms. The molecule has 0 bridgehead atoms. The van der Waals surface area contributed by atoms with Crippen LogP contribution < -0.4 is 4.74 Å². The highest BCUT2D eigenvalue weighted by Crippen LogP contribution is 2.34. The van der Waals surface area contributed by atoms with Crippen LogP contribution in [-0.4, -0.2) is 54.3 Å². The zero-order valence-corrected chi connectivity index (χ0v) is 20.5. The van der Waals surface area contributed by atoms with Crippen molar-refractivity contribution in [1.29, 1.82) is 0 Å². The van der Waals surface area contributed by atoms with Crippen LogP contribution in [0.25, 0.3) is 11.8 Å². The molecule has 1 saturated heterocycles. The molecule has 34 heavy (non-hydrogen) atoms. The zero-order valence-electron chi connectivity index (χ0n) is 20.5. The van der Waals surface area contributed by atoms with Crippen LogP contribution in [0.1, 0.15) is 43.6 Å². The van der Waals surface area contributed by atoms with Gasteiger partial charge >= 0.3 is 5.97 Å². The summed E-state index contributed by atoms with van der Waals surface area (Å²) in [5.41, 5.74) is 5.16. The quantitative estimate of drug-likeness (QED) is 0.450. The number of hydrogen-bond acceptors (Lipinski definition) is 5. The Balaban J connectivity index is 1.71. The van der Waals surface area contributed by atoms with Crippen LogP contribution in [0, 0.1) is 13.8 Å². The number of allylic oxidation sites excluding steroid dienone is 1. The van der Waals surface area contributed by atoms with Gasteiger partial charge in [-0.3, -0.25) is 4.79 Å². The maximum atomic E-state index is 13.4. The highest BCUT2D eigenvalue weighted by Gasteiger charge is 2.38. The summed E-state index contributed by atoms with van der Waals surface area (Å²) >= 11 is 0. The SMILES string of the molecule is CCOc1ccc(-n2c(C)cc(/C=C3\C(=O)N(C[C@@H]4CCCO4)C(C)=C3C(=O)OC)c2C)cc1. The summed E-state index contributed by atoms with van der Waals surface area (Å²) in [4.78, 5) is 27.8. The van der Waals surface area contributed by atoms with Gasteiger partial charge in [0.05, 0.1) is 37.5 Å². The minimum atomic E-state index is -0.507. The summed E-state index contributed by atoms with van der Waals surface area (Å²) in [6.07, 6.45) is 3.69. The fourth-order valence-corrected chi connectivity index (χ4v) is 4.78. The number of esters is 1. The molecule has 2 aromatic rings. The number of benzene rings is 1. The number of hydrogen-bond donors (Lipinski definition) is 0. The van der Waals surface area contributed by atoms with Crippen molar-refractivity contribution in [2.45, 2.75) is 46.6 Å². The average molecular weight is 465 g/mol. The van der Waals surface area contributed by atoms with Gasteiger partial charge in [0.15, 0.2) is 0 Å². The monoisotopic (exact) mass is 464 g/mol. The molecule has 0 radical (unpaired) electrons. The van der Waals surface area contributed by atoms with Crippen LogP contribution in [0.2, 0.25) is 0 Å². The van der Waals surface area contributed by atoms with Crippen molar-refractivity contribution in [2.75, 3.05) is 26.9 Å². The van der Waals surface area contributed by atoms with Crippen molar-refractivity contribution in [3.8, 4) is 11.4 Å². The van der Waals surface area contributed by atoms with E-state index in [0.29, 0.717) is 36.6 Å². The Kier molecular flexibility index (Phi) is 6.93. The lowest BCUT2D eigenvalue weighted by atomic mass is 10.0. The number of ether oxygens (including phenoxy) is 3. The number of aromatic nitrogens is 1. The zero-order chi connectivity index (χ0) is 24.4. The molecule has 3 heterocycles. The molecule has 0 saturated carbocycles. The van der Waals surface area contributed by atoms with Crippen LogP contribution in [0.3, 0.4) is 0 Å². The fourth-order valence-electron chi connectivity index (χ4n) is 4.78. The van der Waals surface area contributed by atoms with Crippen LogP contribution in [0.4, 0.5) is 0 Å². The second-order valence-corrected chi connectivity index (χ2v) is 8.65. The summed E-state index contributed by atoms with van der Waals surface area (Å²) < 4.78 is 18.4. The van der Waals surface area contributed by atoms with Gasteiger partial charge in [-0.05, 0) is 82.5 Å². The molecule has 2 aliphatic heterocycles. The third-order valence-electron chi connectivity index (χ3n) is 6.49. The molecule has 7 nitrogen and oxygen atoms in total. The summed E-state index contributed by atoms with van der Waals surface area (Å²) in [5.74, 6) is 0.119. The average Bonchev–Trinajstić information content (AvgIpc) is 3.49. The summed E-state index contributed by atoms with van der Waals surface area (Å²) in [6, 6.07) is 9.94. The summed E-state index contributed by atoms with van der Waals surface area (Å²) in [7, 11) is 1.34. The third-order valence-corrected chi connectivity index (χ3v) is 6.49. The number of methoxy groups -OCH3 is 1. The Morgan fingerprint density at radius 3 is 2.56 bits per heavy atom. The molecule has 1 aromatic heterocycles. The van der Waals surface area contributed by atoms with E-state index in [4.69, 9.17) is 14.2 Å². The van der Waals surface area contributed by atoms with E-state index in [1.165, 1.54) is 7.11 Å². The van der Waals surface area contributed by atoms with Gasteiger partial charge in [0.2, 0.25) is 0 Å². The van der Waals surface area contributed by atoms with E-state index in [0.717, 1.165) is 41.2 Å². The lowest BCUT2D eigenvalue weighted by Crippen LogP contribution is -2.33. The maximum Gasteiger partial charge on any atom is 0.340 e. The minimum Gasteiger partial charge on any atom is -0.494 e. The van der Waals surface area contributed by atoms with E-state index in [1.807, 2.05) is 51.1 Å². The van der Waals surface area contributed by atoms with E-state index in [2.05, 4.69) is 4.57 Å². The molecular formula is C27H32N2O5. The third kappa shape index (κ3) is 4.40. The molecule has 0 N–H and O–H groups in total. The van der Waals surface area contributed by atoms with Crippen molar-refractivity contribution in [3.05, 3.63) is 64.1 Å². The van der Waals surface area contributed by atoms with E-state index in [1.54, 1.807) is 17.9 Å². The second-order valence-electron chi connectivity index (χ2n) is 8.65. The number of nitrogens with zero attached hydrogens (tertiary/aromatic N) is 2. The molecule has 180 valence electrons. The fraction of sp³-hybridized carbons (Fsp3) is 0.407. The summed E-state index contributed by atoms with van der Waals surface area (Å²) in [6.45, 7) is 9.54. The first-order valence-electron chi connectivity index (χ1n) is 11.7. The van der Waals surface area contributed by atoms with Gasteiger partial charge < -0.3 is 23.7 Å². The van der Waals surface area contributed by atoms with E-state index < -0.39 is 5.97 Å². The van der Waals surface area contributed by atoms with Crippen molar-refractivity contribution in [1.82, 2.24) is 9.47 Å². The molecule has 1 amide bonds. The maximum absolute atomic E-state index is 13.4. The lowest BCUT2D eigenvalue weighted by Gasteiger charge is -2.21. The number of carbonyl (C=O) groups excluding carboxylic acids is 2. The van der Waals surface area contributed by atoms with E-state index in [9.17, 15) is 9.59 Å². The second kappa shape index (κ2) is 9.89. The van der Waals surface area contributed by atoms with Crippen LogP contribution in [0.5, 0.6) is 5.75 Å². The molecule has 0 spiro atoms. The summed E-state index contributed by atoms with van der Waals surface area (Å²) in [5, 5.41) is 0. The lowest BCUT2D eigenvalue weighted by molar-refractivity contribution is -0.136. The van der Waals surface area contributed by atoms with Gasteiger partial charge in [-0.15, -0.1) is 0 Å². The van der Waals surface area contributed by atoms with Gasteiger partial charge in [0, 0.05) is 29.4 Å². The Labute approximate surface area is 200 Å². The number of amides is 1. The van der Waals surface area contributed by atoms with E-state index in [-0.39, 0.29) is 12.0 Å². The Bertz CT molecular complexity index is 1150. The van der Waals surface area contributed by atoms with Gasteiger partial charge in [-0.2, -0.15) is 0 Å². The Morgan fingerprint density at radius 2 is 1.94 bits per heavy atom. The first-order valence-corrected chi connectivity index (χ1v) is 11.7. The van der Waals surface area contributed by atoms with Crippen molar-refractivity contribution < 1.29 is 23.8 Å². The first kappa shape index (κ1) is 23.8. The molecule has 1 atom stereocenters. The van der Waals surface area contributed by atoms with Gasteiger partial charge in [0.1, 0.15) is 5.75 Å². The minimum absolute atomic E-state index is 0.0122. The molecule has 1 aromatic carbocycles. The predicted molar refractivity (Wildman–Crippen MR) is 130 cm³/mol. The van der Waals surface area contributed by atoms with Crippen LogP contribution >= 0.6 is 0 Å². The predicted octanol–water partition coefficient (Wildman–Crippen LogP) is 4.34. The van der Waals surface area contributed by atoms with Crippen molar-refractivity contribution in [3.63, 3.8) is 0 Å². The Morgan fingerprint density at radius 1 is 1.21 bits per heavy atom. The largest absolute Gasteiger partial charge is 0.494 e. The molecular weight excluding hydrogens is 432 g/mol. The normalized spacial score (nSPS) is 19.4. The van der Waals surface area contributed by atoms with Crippen LogP contribution in [-0.2, 0) is 19.1 Å². The molecule has 0 unspecified atom stereocenters. The van der Waals surface area contributed by atoms with Crippen molar-refractivity contribution in [2.24, 2.45) is 0 Å². The molecule has 2 aliphatic rings. The topological polar surface area (TPSA) is 70.0 Å².